The Balaban J connectivity index is 0.000000265. The first-order valence-corrected chi connectivity index (χ1v) is 4.86. The van der Waals surface area contributed by atoms with Crippen LogP contribution in [0.5, 0.6) is 0 Å². The maximum absolute atomic E-state index is 9.76. The summed E-state index contributed by atoms with van der Waals surface area (Å²) in [6.07, 6.45) is 5.29. The van der Waals surface area contributed by atoms with Gasteiger partial charge in [0.25, 0.3) is 0 Å². The van der Waals surface area contributed by atoms with Crippen LogP contribution in [0.4, 0.5) is 0 Å². The number of aliphatic carboxylic acids is 1. The minimum Gasteiger partial charge on any atom is -0.480 e. The molecule has 0 aliphatic rings. The van der Waals surface area contributed by atoms with Crippen molar-refractivity contribution < 1.29 is 9.90 Å². The van der Waals surface area contributed by atoms with Gasteiger partial charge in [-0.25, -0.2) is 0 Å². The van der Waals surface area contributed by atoms with Gasteiger partial charge < -0.3 is 10.8 Å². The maximum Gasteiger partial charge on any atom is 0.321 e. The van der Waals surface area contributed by atoms with Crippen LogP contribution in [-0.4, -0.2) is 27.9 Å². The molecule has 0 saturated heterocycles. The van der Waals surface area contributed by atoms with Gasteiger partial charge in [-0.2, -0.15) is 12.6 Å². The Labute approximate surface area is 94.2 Å². The van der Waals surface area contributed by atoms with Gasteiger partial charge in [-0.1, -0.05) is 12.7 Å². The molecule has 1 atom stereocenters. The number of pyridine rings is 1. The predicted octanol–water partition coefficient (Wildman–Crippen LogP) is 1.05. The van der Waals surface area contributed by atoms with Gasteiger partial charge in [-0.15, -0.1) is 0 Å². The van der Waals surface area contributed by atoms with Gasteiger partial charge in [0.2, 0.25) is 0 Å². The molecule has 0 spiro atoms. The third kappa shape index (κ3) is 6.70. The number of hydrogen-bond donors (Lipinski definition) is 3. The second-order valence-electron chi connectivity index (χ2n) is 2.61. The molecule has 1 unspecified atom stereocenters. The van der Waals surface area contributed by atoms with Crippen molar-refractivity contribution in [3.05, 3.63) is 36.7 Å². The minimum atomic E-state index is -1.00. The summed E-state index contributed by atoms with van der Waals surface area (Å²) in [5.41, 5.74) is 6.05. The second kappa shape index (κ2) is 8.02. The van der Waals surface area contributed by atoms with E-state index < -0.39 is 12.0 Å². The number of nitrogens with zero attached hydrogens (tertiary/aromatic N) is 1. The van der Waals surface area contributed by atoms with E-state index in [1.807, 2.05) is 12.1 Å². The molecule has 3 N–H and O–H groups in total. The molecule has 15 heavy (non-hydrogen) atoms. The Hall–Kier alpha value is -1.33. The molecule has 1 heterocycles. The summed E-state index contributed by atoms with van der Waals surface area (Å²) in [5.74, 6) is -0.815. The molecule has 1 aromatic heterocycles. The van der Waals surface area contributed by atoms with Crippen LogP contribution in [0.2, 0.25) is 0 Å². The summed E-state index contributed by atoms with van der Waals surface area (Å²) < 4.78 is 0. The number of hydrogen-bond acceptors (Lipinski definition) is 4. The third-order valence-electron chi connectivity index (χ3n) is 1.46. The van der Waals surface area contributed by atoms with Crippen molar-refractivity contribution in [1.29, 1.82) is 0 Å². The SMILES string of the molecule is C=Cc1ccncc1.NC(CS)C(=O)O. The van der Waals surface area contributed by atoms with Crippen LogP contribution >= 0.6 is 12.6 Å². The Morgan fingerprint density at radius 2 is 2.20 bits per heavy atom. The summed E-state index contributed by atoms with van der Waals surface area (Å²) in [4.78, 5) is 13.6. The monoisotopic (exact) mass is 226 g/mol. The van der Waals surface area contributed by atoms with E-state index in [0.29, 0.717) is 0 Å². The average molecular weight is 226 g/mol. The Morgan fingerprint density at radius 3 is 2.40 bits per heavy atom. The number of carboxylic acids is 1. The van der Waals surface area contributed by atoms with Crippen molar-refractivity contribution in [2.45, 2.75) is 6.04 Å². The summed E-state index contributed by atoms with van der Waals surface area (Å²) >= 11 is 3.65. The van der Waals surface area contributed by atoms with E-state index in [1.165, 1.54) is 0 Å². The van der Waals surface area contributed by atoms with E-state index in [2.05, 4.69) is 24.2 Å². The maximum atomic E-state index is 9.76. The van der Waals surface area contributed by atoms with E-state index in [4.69, 9.17) is 10.8 Å². The molecule has 0 fully saturated rings. The second-order valence-corrected chi connectivity index (χ2v) is 2.98. The van der Waals surface area contributed by atoms with E-state index in [1.54, 1.807) is 18.5 Å². The van der Waals surface area contributed by atoms with Crippen molar-refractivity contribution in [3.8, 4) is 0 Å². The summed E-state index contributed by atoms with van der Waals surface area (Å²) in [6, 6.07) is 3.00. The topological polar surface area (TPSA) is 76.2 Å². The summed E-state index contributed by atoms with van der Waals surface area (Å²) in [6.45, 7) is 3.60. The van der Waals surface area contributed by atoms with Crippen LogP contribution in [-0.2, 0) is 4.79 Å². The highest BCUT2D eigenvalue weighted by Gasteiger charge is 2.06. The first-order chi connectivity index (χ1) is 7.11. The van der Waals surface area contributed by atoms with Crippen molar-refractivity contribution in [1.82, 2.24) is 4.98 Å². The van der Waals surface area contributed by atoms with E-state index in [9.17, 15) is 4.79 Å². The lowest BCUT2D eigenvalue weighted by atomic mass is 10.3. The first-order valence-electron chi connectivity index (χ1n) is 4.23. The highest BCUT2D eigenvalue weighted by atomic mass is 32.1. The number of rotatable bonds is 3. The van der Waals surface area contributed by atoms with Crippen LogP contribution < -0.4 is 5.73 Å². The van der Waals surface area contributed by atoms with Crippen LogP contribution in [0.1, 0.15) is 5.56 Å². The van der Waals surface area contributed by atoms with Crippen molar-refractivity contribution in [2.24, 2.45) is 5.73 Å². The van der Waals surface area contributed by atoms with Gasteiger partial charge >= 0.3 is 5.97 Å². The van der Waals surface area contributed by atoms with Gasteiger partial charge in [-0.3, -0.25) is 9.78 Å². The Morgan fingerprint density at radius 1 is 1.67 bits per heavy atom. The number of nitrogens with two attached hydrogens (primary N) is 1. The van der Waals surface area contributed by atoms with Gasteiger partial charge in [-0.05, 0) is 17.7 Å². The molecule has 0 aliphatic carbocycles. The highest BCUT2D eigenvalue weighted by molar-refractivity contribution is 7.80. The van der Waals surface area contributed by atoms with Gasteiger partial charge in [0.1, 0.15) is 6.04 Å². The molecule has 5 heteroatoms. The molecule has 0 amide bonds. The van der Waals surface area contributed by atoms with E-state index >= 15 is 0 Å². The van der Waals surface area contributed by atoms with Crippen molar-refractivity contribution in [3.63, 3.8) is 0 Å². The molecule has 0 saturated carbocycles. The standard InChI is InChI=1S/C7H7N.C3H7NO2S/c1-2-7-3-5-8-6-4-7;4-2(1-7)3(5)6/h2-6H,1H2;2,7H,1,4H2,(H,5,6). The Kier molecular flexibility index (Phi) is 7.31. The molecule has 0 aliphatic heterocycles. The van der Waals surface area contributed by atoms with Crippen LogP contribution in [0, 0.1) is 0 Å². The molecule has 4 nitrogen and oxygen atoms in total. The fourth-order valence-electron chi connectivity index (χ4n) is 0.578. The summed E-state index contributed by atoms with van der Waals surface area (Å²) in [5, 5.41) is 8.01. The smallest absolute Gasteiger partial charge is 0.321 e. The lowest BCUT2D eigenvalue weighted by Crippen LogP contribution is -2.31. The van der Waals surface area contributed by atoms with E-state index in [0.717, 1.165) is 5.56 Å². The van der Waals surface area contributed by atoms with Crippen LogP contribution in [0.15, 0.2) is 31.1 Å². The molecule has 1 aromatic rings. The highest BCUT2D eigenvalue weighted by Crippen LogP contribution is 1.94. The van der Waals surface area contributed by atoms with Gasteiger partial charge in [0.15, 0.2) is 0 Å². The minimum absolute atomic E-state index is 0.190. The number of carbonyl (C=O) groups is 1. The van der Waals surface area contributed by atoms with Gasteiger partial charge in [0, 0.05) is 18.1 Å². The average Bonchev–Trinajstić information content (AvgIpc) is 2.29. The predicted molar refractivity (Wildman–Crippen MR) is 63.8 cm³/mol. The quantitative estimate of drug-likeness (QED) is 0.673. The fourth-order valence-corrected chi connectivity index (χ4v) is 0.734. The molecule has 0 radical (unpaired) electrons. The zero-order chi connectivity index (χ0) is 11.7. The number of carboxylic acid groups (broad SMARTS) is 1. The van der Waals surface area contributed by atoms with Crippen LogP contribution in [0.3, 0.4) is 0 Å². The Bertz CT molecular complexity index is 304. The lowest BCUT2D eigenvalue weighted by Gasteiger charge is -1.96. The first kappa shape index (κ1) is 13.7. The van der Waals surface area contributed by atoms with Crippen LogP contribution in [0.25, 0.3) is 6.08 Å². The normalized spacial score (nSPS) is 10.8. The van der Waals surface area contributed by atoms with Crippen molar-refractivity contribution in [2.75, 3.05) is 5.75 Å². The van der Waals surface area contributed by atoms with Crippen molar-refractivity contribution >= 4 is 24.7 Å². The lowest BCUT2D eigenvalue weighted by molar-refractivity contribution is -0.137. The molecule has 0 aromatic carbocycles. The number of aromatic nitrogens is 1. The summed E-state index contributed by atoms with van der Waals surface area (Å²) in [7, 11) is 0. The zero-order valence-corrected chi connectivity index (χ0v) is 9.10. The number of thiol groups is 1. The fraction of sp³-hybridized carbons (Fsp3) is 0.200. The molecular formula is C10H14N2O2S. The molecular weight excluding hydrogens is 212 g/mol. The third-order valence-corrected chi connectivity index (χ3v) is 1.85. The molecule has 0 bridgehead atoms. The molecule has 1 rings (SSSR count). The van der Waals surface area contributed by atoms with E-state index in [-0.39, 0.29) is 5.75 Å². The zero-order valence-electron chi connectivity index (χ0n) is 8.21. The largest absolute Gasteiger partial charge is 0.480 e. The molecule has 82 valence electrons. The van der Waals surface area contributed by atoms with Gasteiger partial charge in [0.05, 0.1) is 0 Å².